The van der Waals surface area contributed by atoms with Crippen LogP contribution in [0.25, 0.3) is 0 Å². The molecule has 0 bridgehead atoms. The van der Waals surface area contributed by atoms with Crippen molar-refractivity contribution in [3.05, 3.63) is 17.6 Å². The van der Waals surface area contributed by atoms with Crippen LogP contribution in [0, 0.1) is 6.92 Å². The van der Waals surface area contributed by atoms with Gasteiger partial charge in [0.1, 0.15) is 11.6 Å². The topological polar surface area (TPSA) is 47.0 Å². The average molecular weight is 235 g/mol. The molecule has 2 unspecified atom stereocenters. The smallest absolute Gasteiger partial charge is 0.130 e. The first-order valence-corrected chi connectivity index (χ1v) is 6.40. The Morgan fingerprint density at radius 2 is 2.29 bits per heavy atom. The first-order valence-electron chi connectivity index (χ1n) is 6.40. The molecule has 17 heavy (non-hydrogen) atoms. The van der Waals surface area contributed by atoms with Crippen LogP contribution in [0.15, 0.2) is 6.07 Å². The Kier molecular flexibility index (Phi) is 3.94. The summed E-state index contributed by atoms with van der Waals surface area (Å²) in [6, 6.07) is 2.52. The Labute approximate surface area is 103 Å². The molecule has 1 N–H and O–H groups in total. The van der Waals surface area contributed by atoms with Crippen LogP contribution in [0.2, 0.25) is 0 Å². The van der Waals surface area contributed by atoms with Gasteiger partial charge in [0.15, 0.2) is 0 Å². The van der Waals surface area contributed by atoms with Crippen molar-refractivity contribution in [3.8, 4) is 0 Å². The van der Waals surface area contributed by atoms with Crippen LogP contribution in [0.1, 0.15) is 38.2 Å². The fourth-order valence-corrected chi connectivity index (χ4v) is 2.22. The predicted molar refractivity (Wildman–Crippen MR) is 68.2 cm³/mol. The van der Waals surface area contributed by atoms with Gasteiger partial charge in [0.05, 0.1) is 6.10 Å². The number of rotatable bonds is 3. The van der Waals surface area contributed by atoms with E-state index in [1.165, 1.54) is 0 Å². The molecule has 0 radical (unpaired) electrons. The van der Waals surface area contributed by atoms with Crippen LogP contribution < -0.4 is 5.32 Å². The second-order valence-corrected chi connectivity index (χ2v) is 4.69. The monoisotopic (exact) mass is 235 g/mol. The molecule has 1 aliphatic heterocycles. The van der Waals surface area contributed by atoms with Crippen molar-refractivity contribution in [3.63, 3.8) is 0 Å². The summed E-state index contributed by atoms with van der Waals surface area (Å²) < 4.78 is 5.54. The van der Waals surface area contributed by atoms with E-state index in [1.54, 1.807) is 0 Å². The van der Waals surface area contributed by atoms with Gasteiger partial charge in [0, 0.05) is 24.4 Å². The molecule has 2 rings (SSSR count). The Bertz CT molecular complexity index is 381. The first kappa shape index (κ1) is 12.3. The van der Waals surface area contributed by atoms with E-state index in [9.17, 15) is 0 Å². The molecule has 1 saturated heterocycles. The lowest BCUT2D eigenvalue weighted by molar-refractivity contribution is 0.0232. The summed E-state index contributed by atoms with van der Waals surface area (Å²) >= 11 is 0. The van der Waals surface area contributed by atoms with Gasteiger partial charge in [0.2, 0.25) is 0 Å². The lowest BCUT2D eigenvalue weighted by Gasteiger charge is -2.28. The highest BCUT2D eigenvalue weighted by atomic mass is 16.5. The van der Waals surface area contributed by atoms with Gasteiger partial charge in [0.25, 0.3) is 0 Å². The number of aryl methyl sites for hydroxylation is 2. The molecular weight excluding hydrogens is 214 g/mol. The van der Waals surface area contributed by atoms with Crippen molar-refractivity contribution >= 4 is 5.82 Å². The molecule has 4 nitrogen and oxygen atoms in total. The lowest BCUT2D eigenvalue weighted by atomic mass is 10.0. The van der Waals surface area contributed by atoms with E-state index in [1.807, 2.05) is 13.0 Å². The molecule has 1 aromatic heterocycles. The van der Waals surface area contributed by atoms with Gasteiger partial charge in [-0.25, -0.2) is 9.97 Å². The van der Waals surface area contributed by atoms with Crippen molar-refractivity contribution in [2.75, 3.05) is 11.9 Å². The zero-order chi connectivity index (χ0) is 12.3. The number of hydrogen-bond acceptors (Lipinski definition) is 4. The van der Waals surface area contributed by atoms with Gasteiger partial charge in [-0.05, 0) is 33.1 Å². The highest BCUT2D eigenvalue weighted by Crippen LogP contribution is 2.18. The molecule has 2 atom stereocenters. The summed E-state index contributed by atoms with van der Waals surface area (Å²) in [5.74, 6) is 1.79. The summed E-state index contributed by atoms with van der Waals surface area (Å²) in [6.07, 6.45) is 3.39. The highest BCUT2D eigenvalue weighted by Gasteiger charge is 2.19. The van der Waals surface area contributed by atoms with E-state index < -0.39 is 0 Å². The van der Waals surface area contributed by atoms with Crippen molar-refractivity contribution in [2.24, 2.45) is 0 Å². The highest BCUT2D eigenvalue weighted by molar-refractivity contribution is 5.37. The minimum Gasteiger partial charge on any atom is -0.378 e. The number of ether oxygens (including phenoxy) is 1. The SMILES string of the molecule is CCc1cc(NC2CCOC(C)C2)nc(C)n1. The summed E-state index contributed by atoms with van der Waals surface area (Å²) in [6.45, 7) is 7.01. The Morgan fingerprint density at radius 1 is 1.47 bits per heavy atom. The Hall–Kier alpha value is -1.16. The molecule has 1 aliphatic rings. The summed E-state index contributed by atoms with van der Waals surface area (Å²) in [5.41, 5.74) is 1.10. The van der Waals surface area contributed by atoms with Crippen LogP contribution in [-0.2, 0) is 11.2 Å². The van der Waals surface area contributed by atoms with Crippen LogP contribution >= 0.6 is 0 Å². The lowest BCUT2D eigenvalue weighted by Crippen LogP contribution is -2.32. The molecule has 0 saturated carbocycles. The molecule has 1 aromatic rings. The maximum Gasteiger partial charge on any atom is 0.130 e. The normalized spacial score (nSPS) is 24.6. The minimum atomic E-state index is 0.342. The van der Waals surface area contributed by atoms with Crippen molar-refractivity contribution in [1.29, 1.82) is 0 Å². The van der Waals surface area contributed by atoms with Crippen molar-refractivity contribution in [2.45, 2.75) is 52.2 Å². The van der Waals surface area contributed by atoms with E-state index >= 15 is 0 Å². The third kappa shape index (κ3) is 3.40. The van der Waals surface area contributed by atoms with Gasteiger partial charge in [-0.2, -0.15) is 0 Å². The molecule has 4 heteroatoms. The van der Waals surface area contributed by atoms with Gasteiger partial charge >= 0.3 is 0 Å². The number of hydrogen-bond donors (Lipinski definition) is 1. The first-order chi connectivity index (χ1) is 8.17. The van der Waals surface area contributed by atoms with Crippen molar-refractivity contribution < 1.29 is 4.74 Å². The van der Waals surface area contributed by atoms with E-state index in [0.717, 1.165) is 43.2 Å². The van der Waals surface area contributed by atoms with Crippen LogP contribution in [-0.4, -0.2) is 28.7 Å². The van der Waals surface area contributed by atoms with Crippen LogP contribution in [0.3, 0.4) is 0 Å². The molecular formula is C13H21N3O. The van der Waals surface area contributed by atoms with E-state index in [-0.39, 0.29) is 0 Å². The summed E-state index contributed by atoms with van der Waals surface area (Å²) in [5, 5.41) is 3.50. The third-order valence-electron chi connectivity index (χ3n) is 3.09. The largest absolute Gasteiger partial charge is 0.378 e. The molecule has 0 amide bonds. The summed E-state index contributed by atoms with van der Waals surface area (Å²) in [4.78, 5) is 8.82. The van der Waals surface area contributed by atoms with E-state index in [4.69, 9.17) is 4.74 Å². The number of nitrogens with one attached hydrogen (secondary N) is 1. The Balaban J connectivity index is 2.04. The number of anilines is 1. The maximum absolute atomic E-state index is 5.54. The minimum absolute atomic E-state index is 0.342. The van der Waals surface area contributed by atoms with Gasteiger partial charge in [-0.3, -0.25) is 0 Å². The van der Waals surface area contributed by atoms with Crippen LogP contribution in [0.4, 0.5) is 5.82 Å². The number of nitrogens with zero attached hydrogens (tertiary/aromatic N) is 2. The second-order valence-electron chi connectivity index (χ2n) is 4.69. The fraction of sp³-hybridized carbons (Fsp3) is 0.692. The molecule has 0 spiro atoms. The van der Waals surface area contributed by atoms with Gasteiger partial charge in [-0.15, -0.1) is 0 Å². The van der Waals surface area contributed by atoms with Crippen LogP contribution in [0.5, 0.6) is 0 Å². The molecule has 2 heterocycles. The number of aromatic nitrogens is 2. The maximum atomic E-state index is 5.54. The van der Waals surface area contributed by atoms with Crippen molar-refractivity contribution in [1.82, 2.24) is 9.97 Å². The van der Waals surface area contributed by atoms with E-state index in [0.29, 0.717) is 12.1 Å². The zero-order valence-corrected chi connectivity index (χ0v) is 10.9. The van der Waals surface area contributed by atoms with Gasteiger partial charge < -0.3 is 10.1 Å². The molecule has 0 aliphatic carbocycles. The van der Waals surface area contributed by atoms with Gasteiger partial charge in [-0.1, -0.05) is 6.92 Å². The zero-order valence-electron chi connectivity index (χ0n) is 10.9. The predicted octanol–water partition coefficient (Wildman–Crippen LogP) is 2.33. The second kappa shape index (κ2) is 5.45. The Morgan fingerprint density at radius 3 is 3.00 bits per heavy atom. The quantitative estimate of drug-likeness (QED) is 0.873. The average Bonchev–Trinajstić information content (AvgIpc) is 2.28. The molecule has 0 aromatic carbocycles. The fourth-order valence-electron chi connectivity index (χ4n) is 2.22. The molecule has 94 valence electrons. The third-order valence-corrected chi connectivity index (χ3v) is 3.09. The standard InChI is InChI=1S/C13H21N3O/c1-4-11-8-13(15-10(3)14-11)16-12-5-6-17-9(2)7-12/h8-9,12H,4-7H2,1-3H3,(H,14,15,16). The summed E-state index contributed by atoms with van der Waals surface area (Å²) in [7, 11) is 0. The van der Waals surface area contributed by atoms with E-state index in [2.05, 4.69) is 29.1 Å². The molecule has 1 fully saturated rings.